The van der Waals surface area contributed by atoms with Gasteiger partial charge in [0.2, 0.25) is 11.9 Å². The van der Waals surface area contributed by atoms with Crippen LogP contribution in [0.1, 0.15) is 53.0 Å². The normalized spacial score (nSPS) is 19.6. The zero-order valence-electron chi connectivity index (χ0n) is 11.8. The predicted molar refractivity (Wildman–Crippen MR) is 78.3 cm³/mol. The van der Waals surface area contributed by atoms with Crippen molar-refractivity contribution in [3.63, 3.8) is 0 Å². The molecule has 4 rings (SSSR count). The van der Waals surface area contributed by atoms with Gasteiger partial charge in [-0.3, -0.25) is 20.0 Å². The molecule has 0 radical (unpaired) electrons. The van der Waals surface area contributed by atoms with Crippen molar-refractivity contribution in [1.29, 1.82) is 0 Å². The summed E-state index contributed by atoms with van der Waals surface area (Å²) in [4.78, 5) is 28.2. The number of aromatic amines is 1. The average Bonchev–Trinajstić information content (AvgIpc) is 3.19. The molecule has 1 fully saturated rings. The zero-order valence-corrected chi connectivity index (χ0v) is 11.8. The van der Waals surface area contributed by atoms with Crippen molar-refractivity contribution in [2.75, 3.05) is 5.32 Å². The van der Waals surface area contributed by atoms with Gasteiger partial charge in [-0.1, -0.05) is 18.2 Å². The molecule has 1 aromatic carbocycles. The second kappa shape index (κ2) is 4.94. The summed E-state index contributed by atoms with van der Waals surface area (Å²) in [7, 11) is 0. The number of rotatable bonds is 4. The Kier molecular flexibility index (Phi) is 2.92. The van der Waals surface area contributed by atoms with E-state index in [1.165, 1.54) is 0 Å². The van der Waals surface area contributed by atoms with Crippen LogP contribution >= 0.6 is 0 Å². The molecule has 1 aliphatic heterocycles. The molecule has 22 heavy (non-hydrogen) atoms. The molecule has 2 aliphatic rings. The third-order valence-corrected chi connectivity index (χ3v) is 3.99. The molecule has 0 bridgehead atoms. The van der Waals surface area contributed by atoms with E-state index in [-0.39, 0.29) is 24.3 Å². The molecule has 1 atom stereocenters. The van der Waals surface area contributed by atoms with E-state index in [9.17, 15) is 9.59 Å². The highest BCUT2D eigenvalue weighted by Crippen LogP contribution is 2.38. The van der Waals surface area contributed by atoms with Crippen LogP contribution < -0.4 is 10.6 Å². The van der Waals surface area contributed by atoms with Gasteiger partial charge < -0.3 is 5.32 Å². The summed E-state index contributed by atoms with van der Waals surface area (Å²) in [5.74, 6) is 1.23. The molecule has 2 amide bonds. The molecule has 7 nitrogen and oxygen atoms in total. The number of benzene rings is 1. The van der Waals surface area contributed by atoms with Gasteiger partial charge in [-0.05, 0) is 24.5 Å². The highest BCUT2D eigenvalue weighted by atomic mass is 16.2. The van der Waals surface area contributed by atoms with E-state index in [0.29, 0.717) is 17.4 Å². The van der Waals surface area contributed by atoms with Gasteiger partial charge in [-0.2, -0.15) is 4.98 Å². The van der Waals surface area contributed by atoms with Crippen molar-refractivity contribution >= 4 is 17.8 Å². The Morgan fingerprint density at radius 1 is 1.32 bits per heavy atom. The third kappa shape index (κ3) is 2.34. The maximum absolute atomic E-state index is 12.1. The number of carbonyl (C=O) groups excluding carboxylic acids is 2. The van der Waals surface area contributed by atoms with E-state index in [0.717, 1.165) is 24.2 Å². The minimum absolute atomic E-state index is 0.137. The first-order valence-corrected chi connectivity index (χ1v) is 7.32. The summed E-state index contributed by atoms with van der Waals surface area (Å²) in [5, 5.41) is 12.3. The number of aromatic nitrogens is 3. The van der Waals surface area contributed by atoms with E-state index >= 15 is 0 Å². The molecule has 1 aliphatic carbocycles. The molecule has 112 valence electrons. The Hall–Kier alpha value is -2.70. The van der Waals surface area contributed by atoms with Crippen molar-refractivity contribution in [2.45, 2.75) is 31.2 Å². The average molecular weight is 297 g/mol. The van der Waals surface area contributed by atoms with Crippen LogP contribution in [0.5, 0.6) is 0 Å². The number of fused-ring (bicyclic) bond motifs is 1. The quantitative estimate of drug-likeness (QED) is 0.796. The minimum atomic E-state index is -0.300. The van der Waals surface area contributed by atoms with E-state index in [1.54, 1.807) is 6.07 Å². The molecule has 1 unspecified atom stereocenters. The van der Waals surface area contributed by atoms with Gasteiger partial charge in [0.25, 0.3) is 5.91 Å². The first-order valence-electron chi connectivity index (χ1n) is 7.32. The van der Waals surface area contributed by atoms with Crippen LogP contribution in [0.25, 0.3) is 0 Å². The molecule has 7 heteroatoms. The Labute approximate surface area is 126 Å². The molecule has 2 aromatic rings. The van der Waals surface area contributed by atoms with Gasteiger partial charge in [0.05, 0.1) is 12.5 Å². The summed E-state index contributed by atoms with van der Waals surface area (Å²) < 4.78 is 0. The Morgan fingerprint density at radius 3 is 2.95 bits per heavy atom. The molecule has 3 N–H and O–H groups in total. The molecule has 0 saturated heterocycles. The van der Waals surface area contributed by atoms with Crippen LogP contribution in [0.4, 0.5) is 5.95 Å². The van der Waals surface area contributed by atoms with E-state index in [1.807, 2.05) is 18.2 Å². The summed E-state index contributed by atoms with van der Waals surface area (Å²) in [5.41, 5.74) is 1.49. The monoisotopic (exact) mass is 297 g/mol. The lowest BCUT2D eigenvalue weighted by atomic mass is 10.0. The summed E-state index contributed by atoms with van der Waals surface area (Å²) in [6, 6.07) is 7.00. The van der Waals surface area contributed by atoms with Crippen LogP contribution in [-0.4, -0.2) is 27.0 Å². The molecular formula is C15H15N5O2. The van der Waals surface area contributed by atoms with Gasteiger partial charge in [0.15, 0.2) is 0 Å². The maximum atomic E-state index is 12.1. The van der Waals surface area contributed by atoms with E-state index < -0.39 is 0 Å². The minimum Gasteiger partial charge on any atom is -0.345 e. The van der Waals surface area contributed by atoms with Crippen molar-refractivity contribution < 1.29 is 9.59 Å². The largest absolute Gasteiger partial charge is 0.345 e. The number of nitrogens with one attached hydrogen (secondary N) is 3. The number of amides is 2. The summed E-state index contributed by atoms with van der Waals surface area (Å²) in [6.45, 7) is 0. The number of nitrogens with zero attached hydrogens (tertiary/aromatic N) is 2. The first-order chi connectivity index (χ1) is 10.7. The molecule has 2 heterocycles. The topological polar surface area (TPSA) is 99.8 Å². The number of carbonyl (C=O) groups is 2. The SMILES string of the molecule is O=C(CC1NC(=O)c2ccccc21)Nc1n[nH]c(C2CC2)n1. The highest BCUT2D eigenvalue weighted by molar-refractivity contribution is 6.00. The van der Waals surface area contributed by atoms with Gasteiger partial charge in [-0.15, -0.1) is 5.10 Å². The van der Waals surface area contributed by atoms with Crippen LogP contribution in [-0.2, 0) is 4.79 Å². The van der Waals surface area contributed by atoms with Crippen LogP contribution in [0.15, 0.2) is 24.3 Å². The fourth-order valence-corrected chi connectivity index (χ4v) is 2.71. The number of hydrogen-bond acceptors (Lipinski definition) is 4. The second-order valence-electron chi connectivity index (χ2n) is 5.68. The fourth-order valence-electron chi connectivity index (χ4n) is 2.71. The lowest BCUT2D eigenvalue weighted by molar-refractivity contribution is -0.116. The Balaban J connectivity index is 1.42. The van der Waals surface area contributed by atoms with Crippen molar-refractivity contribution in [3.8, 4) is 0 Å². The Morgan fingerprint density at radius 2 is 2.14 bits per heavy atom. The van der Waals surface area contributed by atoms with Crippen LogP contribution in [0.3, 0.4) is 0 Å². The van der Waals surface area contributed by atoms with Crippen LogP contribution in [0.2, 0.25) is 0 Å². The summed E-state index contributed by atoms with van der Waals surface area (Å²) >= 11 is 0. The lowest BCUT2D eigenvalue weighted by Gasteiger charge is -2.10. The number of anilines is 1. The molecule has 1 saturated carbocycles. The lowest BCUT2D eigenvalue weighted by Crippen LogP contribution is -2.24. The second-order valence-corrected chi connectivity index (χ2v) is 5.68. The zero-order chi connectivity index (χ0) is 15.1. The predicted octanol–water partition coefficient (Wildman–Crippen LogP) is 1.50. The highest BCUT2D eigenvalue weighted by Gasteiger charge is 2.30. The van der Waals surface area contributed by atoms with E-state index in [4.69, 9.17) is 0 Å². The molecular weight excluding hydrogens is 282 g/mol. The van der Waals surface area contributed by atoms with E-state index in [2.05, 4.69) is 25.8 Å². The van der Waals surface area contributed by atoms with Gasteiger partial charge in [0, 0.05) is 11.5 Å². The van der Waals surface area contributed by atoms with Gasteiger partial charge in [-0.25, -0.2) is 0 Å². The molecule has 0 spiro atoms. The molecule has 1 aromatic heterocycles. The maximum Gasteiger partial charge on any atom is 0.252 e. The first kappa shape index (κ1) is 13.0. The fraction of sp³-hybridized carbons (Fsp3) is 0.333. The smallest absolute Gasteiger partial charge is 0.252 e. The van der Waals surface area contributed by atoms with Crippen molar-refractivity contribution in [3.05, 3.63) is 41.2 Å². The number of H-pyrrole nitrogens is 1. The third-order valence-electron chi connectivity index (χ3n) is 3.99. The van der Waals surface area contributed by atoms with Crippen molar-refractivity contribution in [2.24, 2.45) is 0 Å². The number of hydrogen-bond donors (Lipinski definition) is 3. The van der Waals surface area contributed by atoms with Gasteiger partial charge in [0.1, 0.15) is 5.82 Å². The van der Waals surface area contributed by atoms with Gasteiger partial charge >= 0.3 is 0 Å². The van der Waals surface area contributed by atoms with Crippen LogP contribution in [0, 0.1) is 0 Å². The Bertz CT molecular complexity index is 750. The van der Waals surface area contributed by atoms with Crippen molar-refractivity contribution in [1.82, 2.24) is 20.5 Å². The summed E-state index contributed by atoms with van der Waals surface area (Å²) in [6.07, 6.45) is 2.40. The standard InChI is InChI=1S/C15H15N5O2/c21-12(17-15-18-13(19-20-15)8-5-6-8)7-11-9-3-1-2-4-10(9)14(22)16-11/h1-4,8,11H,5-7H2,(H,16,22)(H2,17,18,19,20,21).